The van der Waals surface area contributed by atoms with Crippen LogP contribution in [0.5, 0.6) is 0 Å². The largest absolute Gasteiger partial charge is 0.481 e. The van der Waals surface area contributed by atoms with Gasteiger partial charge >= 0.3 is 5.97 Å². The molecule has 0 aromatic heterocycles. The normalized spacial score (nSPS) is 19.5. The van der Waals surface area contributed by atoms with E-state index < -0.39 is 5.97 Å². The maximum Gasteiger partial charge on any atom is 0.303 e. The van der Waals surface area contributed by atoms with Crippen LogP contribution in [0.4, 0.5) is 5.69 Å². The van der Waals surface area contributed by atoms with E-state index in [1.165, 1.54) is 24.1 Å². The summed E-state index contributed by atoms with van der Waals surface area (Å²) < 4.78 is 1.12. The highest BCUT2D eigenvalue weighted by atomic mass is 79.9. The molecule has 4 heteroatoms. The van der Waals surface area contributed by atoms with Gasteiger partial charge in [0, 0.05) is 29.2 Å². The number of carboxylic acids is 1. The summed E-state index contributed by atoms with van der Waals surface area (Å²) in [6.07, 6.45) is 4.50. The van der Waals surface area contributed by atoms with Crippen LogP contribution >= 0.6 is 15.9 Å². The number of rotatable bonds is 4. The molecule has 0 aliphatic carbocycles. The first-order valence-corrected chi connectivity index (χ1v) is 7.62. The van der Waals surface area contributed by atoms with Gasteiger partial charge in [-0.2, -0.15) is 0 Å². The van der Waals surface area contributed by atoms with Crippen molar-refractivity contribution in [2.75, 3.05) is 11.4 Å². The van der Waals surface area contributed by atoms with E-state index in [-0.39, 0.29) is 6.42 Å². The molecule has 1 fully saturated rings. The van der Waals surface area contributed by atoms with Gasteiger partial charge in [-0.25, -0.2) is 0 Å². The zero-order chi connectivity index (χ0) is 13.8. The number of hydrogen-bond donors (Lipinski definition) is 1. The molecule has 19 heavy (non-hydrogen) atoms. The van der Waals surface area contributed by atoms with Crippen LogP contribution in [0, 0.1) is 6.92 Å². The molecule has 1 atom stereocenters. The van der Waals surface area contributed by atoms with E-state index in [1.54, 1.807) is 0 Å². The van der Waals surface area contributed by atoms with E-state index in [1.807, 2.05) is 0 Å². The summed E-state index contributed by atoms with van der Waals surface area (Å²) in [4.78, 5) is 13.1. The monoisotopic (exact) mass is 325 g/mol. The van der Waals surface area contributed by atoms with Gasteiger partial charge in [0.15, 0.2) is 0 Å². The van der Waals surface area contributed by atoms with Crippen molar-refractivity contribution in [1.29, 1.82) is 0 Å². The van der Waals surface area contributed by atoms with Gasteiger partial charge in [0.25, 0.3) is 0 Å². The summed E-state index contributed by atoms with van der Waals surface area (Å²) in [5.74, 6) is -0.697. The van der Waals surface area contributed by atoms with Crippen LogP contribution < -0.4 is 4.90 Å². The molecule has 0 saturated carbocycles. The Balaban J connectivity index is 2.13. The highest BCUT2D eigenvalue weighted by Gasteiger charge is 2.23. The molecule has 1 aromatic rings. The summed E-state index contributed by atoms with van der Waals surface area (Å²) in [5.41, 5.74) is 2.44. The highest BCUT2D eigenvalue weighted by molar-refractivity contribution is 9.10. The highest BCUT2D eigenvalue weighted by Crippen LogP contribution is 2.30. The predicted molar refractivity (Wildman–Crippen MR) is 80.7 cm³/mol. The minimum absolute atomic E-state index is 0.261. The molecule has 1 heterocycles. The zero-order valence-corrected chi connectivity index (χ0v) is 12.8. The van der Waals surface area contributed by atoms with Crippen molar-refractivity contribution < 1.29 is 9.90 Å². The molecular formula is C15H20BrNO2. The van der Waals surface area contributed by atoms with Crippen LogP contribution in [0.15, 0.2) is 22.7 Å². The minimum Gasteiger partial charge on any atom is -0.481 e. The van der Waals surface area contributed by atoms with Crippen molar-refractivity contribution >= 4 is 27.6 Å². The second-order valence-corrected chi connectivity index (χ2v) is 6.06. The Labute approximate surface area is 122 Å². The molecule has 1 aliphatic rings. The summed E-state index contributed by atoms with van der Waals surface area (Å²) in [7, 11) is 0. The maximum absolute atomic E-state index is 10.8. The number of aliphatic carboxylic acids is 1. The average Bonchev–Trinajstić information content (AvgIpc) is 2.40. The van der Waals surface area contributed by atoms with Gasteiger partial charge in [0.1, 0.15) is 0 Å². The first-order valence-electron chi connectivity index (χ1n) is 6.82. The lowest BCUT2D eigenvalue weighted by Gasteiger charge is -2.37. The molecule has 1 unspecified atom stereocenters. The molecule has 1 aromatic carbocycles. The number of carboxylic acid groups (broad SMARTS) is 1. The van der Waals surface area contributed by atoms with E-state index in [0.717, 1.165) is 23.9 Å². The van der Waals surface area contributed by atoms with E-state index in [9.17, 15) is 4.79 Å². The van der Waals surface area contributed by atoms with Gasteiger partial charge in [-0.15, -0.1) is 0 Å². The third-order valence-electron chi connectivity index (χ3n) is 3.79. The first kappa shape index (κ1) is 14.4. The standard InChI is InChI=1S/C15H20BrNO2/c1-11-10-13(5-7-14(11)16)17-9-3-2-4-12(17)6-8-15(18)19/h5,7,10,12H,2-4,6,8-9H2,1H3,(H,18,19). The smallest absolute Gasteiger partial charge is 0.303 e. The maximum atomic E-state index is 10.8. The number of carbonyl (C=O) groups is 1. The molecule has 0 bridgehead atoms. The Morgan fingerprint density at radius 2 is 2.26 bits per heavy atom. The molecule has 1 N–H and O–H groups in total. The Bertz CT molecular complexity index is 461. The third kappa shape index (κ3) is 3.72. The SMILES string of the molecule is Cc1cc(N2CCCCC2CCC(=O)O)ccc1Br. The van der Waals surface area contributed by atoms with Gasteiger partial charge in [-0.1, -0.05) is 15.9 Å². The number of nitrogens with zero attached hydrogens (tertiary/aromatic N) is 1. The number of piperidine rings is 1. The fraction of sp³-hybridized carbons (Fsp3) is 0.533. The molecule has 2 rings (SSSR count). The van der Waals surface area contributed by atoms with Crippen molar-refractivity contribution in [1.82, 2.24) is 0 Å². The van der Waals surface area contributed by atoms with Gasteiger partial charge in [0.05, 0.1) is 0 Å². The van der Waals surface area contributed by atoms with Crippen molar-refractivity contribution in [3.05, 3.63) is 28.2 Å². The van der Waals surface area contributed by atoms with Crippen molar-refractivity contribution in [2.45, 2.75) is 45.1 Å². The van der Waals surface area contributed by atoms with Crippen LogP contribution in [-0.4, -0.2) is 23.7 Å². The lowest BCUT2D eigenvalue weighted by atomic mass is 9.97. The van der Waals surface area contributed by atoms with E-state index in [0.29, 0.717) is 6.04 Å². The van der Waals surface area contributed by atoms with Crippen LogP contribution in [0.3, 0.4) is 0 Å². The summed E-state index contributed by atoms with van der Waals surface area (Å²) in [5, 5.41) is 8.86. The third-order valence-corrected chi connectivity index (χ3v) is 4.68. The number of halogens is 1. The van der Waals surface area contributed by atoms with E-state index in [2.05, 4.69) is 46.0 Å². The quantitative estimate of drug-likeness (QED) is 0.910. The zero-order valence-electron chi connectivity index (χ0n) is 11.2. The Hall–Kier alpha value is -1.03. The number of anilines is 1. The van der Waals surface area contributed by atoms with Gasteiger partial charge < -0.3 is 10.0 Å². The Morgan fingerprint density at radius 3 is 2.95 bits per heavy atom. The molecule has 0 amide bonds. The second kappa shape index (κ2) is 6.42. The molecule has 0 spiro atoms. The van der Waals surface area contributed by atoms with Crippen molar-refractivity contribution in [2.24, 2.45) is 0 Å². The molecule has 104 valence electrons. The number of aryl methyl sites for hydroxylation is 1. The van der Waals surface area contributed by atoms with Crippen LogP contribution in [0.1, 0.15) is 37.7 Å². The van der Waals surface area contributed by atoms with Crippen molar-refractivity contribution in [3.8, 4) is 0 Å². The van der Waals surface area contributed by atoms with Gasteiger partial charge in [-0.05, 0) is 56.4 Å². The van der Waals surface area contributed by atoms with Gasteiger partial charge in [-0.3, -0.25) is 4.79 Å². The lowest BCUT2D eigenvalue weighted by Crippen LogP contribution is -2.39. The predicted octanol–water partition coefficient (Wildman–Crippen LogP) is 3.98. The first-order chi connectivity index (χ1) is 9.08. The van der Waals surface area contributed by atoms with Gasteiger partial charge in [0.2, 0.25) is 0 Å². The minimum atomic E-state index is -0.697. The Kier molecular flexibility index (Phi) is 4.86. The lowest BCUT2D eigenvalue weighted by molar-refractivity contribution is -0.137. The fourth-order valence-electron chi connectivity index (χ4n) is 2.74. The van der Waals surface area contributed by atoms with E-state index in [4.69, 9.17) is 5.11 Å². The topological polar surface area (TPSA) is 40.5 Å². The summed E-state index contributed by atoms with van der Waals surface area (Å²) in [6.45, 7) is 3.12. The fourth-order valence-corrected chi connectivity index (χ4v) is 2.98. The molecule has 1 saturated heterocycles. The average molecular weight is 326 g/mol. The van der Waals surface area contributed by atoms with Crippen molar-refractivity contribution in [3.63, 3.8) is 0 Å². The molecule has 3 nitrogen and oxygen atoms in total. The summed E-state index contributed by atoms with van der Waals surface area (Å²) >= 11 is 3.52. The van der Waals surface area contributed by atoms with Crippen LogP contribution in [-0.2, 0) is 4.79 Å². The molecule has 1 aliphatic heterocycles. The summed E-state index contributed by atoms with van der Waals surface area (Å²) in [6, 6.07) is 6.75. The molecular weight excluding hydrogens is 306 g/mol. The van der Waals surface area contributed by atoms with E-state index >= 15 is 0 Å². The number of benzene rings is 1. The number of hydrogen-bond acceptors (Lipinski definition) is 2. The Morgan fingerprint density at radius 1 is 1.47 bits per heavy atom. The molecule has 0 radical (unpaired) electrons. The van der Waals surface area contributed by atoms with Crippen LogP contribution in [0.25, 0.3) is 0 Å². The second-order valence-electron chi connectivity index (χ2n) is 5.21. The van der Waals surface area contributed by atoms with Crippen LogP contribution in [0.2, 0.25) is 0 Å².